The van der Waals surface area contributed by atoms with Gasteiger partial charge in [-0.25, -0.2) is 9.59 Å². The van der Waals surface area contributed by atoms with Crippen molar-refractivity contribution in [2.75, 3.05) is 6.61 Å². The Morgan fingerprint density at radius 3 is 2.11 bits per heavy atom. The van der Waals surface area contributed by atoms with Crippen molar-refractivity contribution in [3.63, 3.8) is 0 Å². The molecular formula is C52H62O10. The van der Waals surface area contributed by atoms with Crippen LogP contribution in [-0.2, 0) is 33.2 Å². The molecule has 62 heavy (non-hydrogen) atoms. The van der Waals surface area contributed by atoms with Gasteiger partial charge >= 0.3 is 17.9 Å². The first-order valence-electron chi connectivity index (χ1n) is 22.3. The van der Waals surface area contributed by atoms with Gasteiger partial charge in [-0.15, -0.1) is 0 Å². The van der Waals surface area contributed by atoms with Crippen LogP contribution < -0.4 is 0 Å². The Kier molecular flexibility index (Phi) is 14.6. The van der Waals surface area contributed by atoms with Gasteiger partial charge in [0.05, 0.1) is 35.9 Å². The summed E-state index contributed by atoms with van der Waals surface area (Å²) in [7, 11) is 0. The summed E-state index contributed by atoms with van der Waals surface area (Å²) in [5.41, 5.74) is 2.36. The van der Waals surface area contributed by atoms with Gasteiger partial charge in [0.2, 0.25) is 0 Å². The second kappa shape index (κ2) is 20.1. The maximum Gasteiger partial charge on any atom is 0.338 e. The number of hydrogen-bond acceptors (Lipinski definition) is 9. The zero-order valence-corrected chi connectivity index (χ0v) is 36.7. The third-order valence-electron chi connectivity index (χ3n) is 13.2. The third-order valence-corrected chi connectivity index (χ3v) is 13.2. The highest BCUT2D eigenvalue weighted by atomic mass is 16.7. The normalized spacial score (nSPS) is 32.7. The lowest BCUT2D eigenvalue weighted by molar-refractivity contribution is -0.331. The molecule has 0 aromatic heterocycles. The van der Waals surface area contributed by atoms with Crippen molar-refractivity contribution in [3.05, 3.63) is 143 Å². The minimum Gasteiger partial charge on any atom is -0.481 e. The quantitative estimate of drug-likeness (QED) is 0.139. The first-order chi connectivity index (χ1) is 29.8. The monoisotopic (exact) mass is 846 g/mol. The number of carbonyl (C=O) groups excluding carboxylic acids is 2. The molecule has 7 rings (SSSR count). The SMILES string of the molecule is C/C(=C\C[C@@H]1C[C@H](OC(=O)c2ccccc2)C[C@]2(CC[C@H](C)[C@@H](C)O2)O1)C[C@@H](C)/C=C/C=C1\CO[C@@H](c2ccccc2)O[C@]12C[C@H](OC(=O)c1ccccc1)[C@@H](C)C[C@H]2C(=O)O. The molecule has 3 aliphatic heterocycles. The zero-order valence-electron chi connectivity index (χ0n) is 36.7. The van der Waals surface area contributed by atoms with E-state index in [2.05, 4.69) is 39.8 Å². The molecule has 1 N–H and O–H groups in total. The molecule has 2 spiro atoms. The molecule has 4 fully saturated rings. The van der Waals surface area contributed by atoms with Crippen LogP contribution >= 0.6 is 0 Å². The average Bonchev–Trinajstić information content (AvgIpc) is 3.26. The number of hydrogen-bond donors (Lipinski definition) is 1. The van der Waals surface area contributed by atoms with Gasteiger partial charge in [-0.05, 0) is 87.1 Å². The number of aliphatic carboxylic acids is 1. The molecule has 10 heteroatoms. The second-order valence-electron chi connectivity index (χ2n) is 18.0. The standard InChI is InChI=1S/C52H62O10/c1-34(28-35(2)24-25-43-30-44(58-48(55)39-17-9-6-10-18-39)31-51(61-43)27-26-36(3)38(5)60-51)16-15-23-42-33-57-50(41-21-13-8-14-22-41)62-52(42)32-46(37(4)29-45(52)47(53)54)59-49(56)40-19-11-7-12-20-40/h6-24,34,36-38,43-46,50H,25-33H2,1-5H3,(H,53,54)/b16-15+,35-24+,42-23+/t34-,36-,37-,38+,43+,44-,45-,46-,50+,51-,52+/m0/s1. The summed E-state index contributed by atoms with van der Waals surface area (Å²) in [5.74, 6) is -3.08. The molecule has 1 aliphatic carbocycles. The predicted molar refractivity (Wildman–Crippen MR) is 235 cm³/mol. The van der Waals surface area contributed by atoms with Crippen molar-refractivity contribution in [2.45, 2.75) is 128 Å². The zero-order chi connectivity index (χ0) is 43.9. The Bertz CT molecular complexity index is 2080. The number of benzene rings is 3. The first kappa shape index (κ1) is 45.2. The van der Waals surface area contributed by atoms with E-state index < -0.39 is 41.6 Å². The van der Waals surface area contributed by atoms with E-state index in [-0.39, 0.29) is 55.6 Å². The molecule has 330 valence electrons. The van der Waals surface area contributed by atoms with Crippen LogP contribution in [-0.4, -0.2) is 65.4 Å². The molecule has 3 aromatic carbocycles. The second-order valence-corrected chi connectivity index (χ2v) is 18.0. The molecule has 10 nitrogen and oxygen atoms in total. The molecular weight excluding hydrogens is 785 g/mol. The number of esters is 2. The van der Waals surface area contributed by atoms with Crippen molar-refractivity contribution in [2.24, 2.45) is 23.7 Å². The van der Waals surface area contributed by atoms with Crippen molar-refractivity contribution >= 4 is 17.9 Å². The van der Waals surface area contributed by atoms with Gasteiger partial charge in [0, 0.05) is 31.2 Å². The van der Waals surface area contributed by atoms with Gasteiger partial charge in [-0.3, -0.25) is 4.79 Å². The molecule has 0 amide bonds. The Balaban J connectivity index is 1.06. The van der Waals surface area contributed by atoms with E-state index >= 15 is 0 Å². The largest absolute Gasteiger partial charge is 0.481 e. The molecule has 11 atom stereocenters. The lowest BCUT2D eigenvalue weighted by atomic mass is 9.66. The van der Waals surface area contributed by atoms with Crippen LogP contribution in [0.3, 0.4) is 0 Å². The van der Waals surface area contributed by atoms with E-state index in [1.54, 1.807) is 36.4 Å². The fourth-order valence-corrected chi connectivity index (χ4v) is 9.57. The number of carbonyl (C=O) groups is 3. The number of allylic oxidation sites excluding steroid dienone is 4. The third kappa shape index (κ3) is 10.8. The molecule has 3 heterocycles. The van der Waals surface area contributed by atoms with Crippen LogP contribution in [0.2, 0.25) is 0 Å². The first-order valence-corrected chi connectivity index (χ1v) is 22.3. The average molecular weight is 847 g/mol. The summed E-state index contributed by atoms with van der Waals surface area (Å²) in [5, 5.41) is 10.7. The fraction of sp³-hybridized carbons (Fsp3) is 0.481. The fourth-order valence-electron chi connectivity index (χ4n) is 9.57. The maximum absolute atomic E-state index is 13.3. The number of ether oxygens (including phenoxy) is 6. The van der Waals surface area contributed by atoms with E-state index in [0.717, 1.165) is 24.8 Å². The van der Waals surface area contributed by atoms with Crippen LogP contribution in [0.5, 0.6) is 0 Å². The van der Waals surface area contributed by atoms with Gasteiger partial charge < -0.3 is 33.5 Å². The minimum absolute atomic E-state index is 0.0371. The Morgan fingerprint density at radius 1 is 0.823 bits per heavy atom. The molecule has 3 saturated heterocycles. The topological polar surface area (TPSA) is 127 Å². The Labute approximate surface area is 366 Å². The van der Waals surface area contributed by atoms with Crippen LogP contribution in [0.1, 0.15) is 119 Å². The van der Waals surface area contributed by atoms with E-state index in [9.17, 15) is 19.5 Å². The summed E-state index contributed by atoms with van der Waals surface area (Å²) >= 11 is 0. The van der Waals surface area contributed by atoms with E-state index in [0.29, 0.717) is 41.9 Å². The molecule has 0 radical (unpaired) electrons. The highest BCUT2D eigenvalue weighted by Crippen LogP contribution is 2.51. The van der Waals surface area contributed by atoms with E-state index in [1.807, 2.05) is 73.7 Å². The summed E-state index contributed by atoms with van der Waals surface area (Å²) in [6.45, 7) is 10.6. The number of carboxylic acid groups (broad SMARTS) is 1. The molecule has 4 aliphatic rings. The Hall–Kier alpha value is -4.87. The van der Waals surface area contributed by atoms with Crippen molar-refractivity contribution in [1.82, 2.24) is 0 Å². The Morgan fingerprint density at radius 2 is 1.47 bits per heavy atom. The summed E-state index contributed by atoms with van der Waals surface area (Å²) in [6, 6.07) is 27.5. The van der Waals surface area contributed by atoms with E-state index in [4.69, 9.17) is 28.4 Å². The van der Waals surface area contributed by atoms with Crippen LogP contribution in [0.25, 0.3) is 0 Å². The summed E-state index contributed by atoms with van der Waals surface area (Å²) in [6.07, 6.45) is 11.1. The van der Waals surface area contributed by atoms with Crippen molar-refractivity contribution in [1.29, 1.82) is 0 Å². The number of rotatable bonds is 12. The molecule has 0 bridgehead atoms. The van der Waals surface area contributed by atoms with E-state index in [1.165, 1.54) is 5.57 Å². The van der Waals surface area contributed by atoms with Gasteiger partial charge in [0.1, 0.15) is 17.8 Å². The van der Waals surface area contributed by atoms with Gasteiger partial charge in [-0.1, -0.05) is 117 Å². The van der Waals surface area contributed by atoms with Gasteiger partial charge in [0.15, 0.2) is 12.1 Å². The molecule has 1 saturated carbocycles. The maximum atomic E-state index is 13.3. The highest BCUT2D eigenvalue weighted by Gasteiger charge is 2.57. The molecule has 0 unspecified atom stereocenters. The number of carboxylic acids is 1. The smallest absolute Gasteiger partial charge is 0.338 e. The predicted octanol–water partition coefficient (Wildman–Crippen LogP) is 10.6. The van der Waals surface area contributed by atoms with Crippen molar-refractivity contribution < 1.29 is 47.9 Å². The van der Waals surface area contributed by atoms with Crippen LogP contribution in [0, 0.1) is 23.7 Å². The van der Waals surface area contributed by atoms with Crippen LogP contribution in [0.15, 0.2) is 126 Å². The van der Waals surface area contributed by atoms with Gasteiger partial charge in [0.25, 0.3) is 0 Å². The summed E-state index contributed by atoms with van der Waals surface area (Å²) in [4.78, 5) is 39.5. The summed E-state index contributed by atoms with van der Waals surface area (Å²) < 4.78 is 38.6. The minimum atomic E-state index is -1.29. The van der Waals surface area contributed by atoms with Crippen molar-refractivity contribution in [3.8, 4) is 0 Å². The molecule has 3 aromatic rings. The van der Waals surface area contributed by atoms with Crippen LogP contribution in [0.4, 0.5) is 0 Å². The highest BCUT2D eigenvalue weighted by molar-refractivity contribution is 5.90. The lowest BCUT2D eigenvalue weighted by Gasteiger charge is -2.51. The lowest BCUT2D eigenvalue weighted by Crippen LogP contribution is -2.58. The van der Waals surface area contributed by atoms with Gasteiger partial charge in [-0.2, -0.15) is 0 Å².